The maximum atomic E-state index is 12.5. The van der Waals surface area contributed by atoms with Crippen molar-refractivity contribution in [2.45, 2.75) is 6.61 Å². The number of hydrogen-bond donors (Lipinski definition) is 0. The van der Waals surface area contributed by atoms with Gasteiger partial charge in [-0.1, -0.05) is 18.2 Å². The van der Waals surface area contributed by atoms with Crippen LogP contribution in [0.3, 0.4) is 0 Å². The highest BCUT2D eigenvalue weighted by Gasteiger charge is 2.45. The van der Waals surface area contributed by atoms with Crippen LogP contribution in [0.15, 0.2) is 24.3 Å². The molecule has 1 unspecified atom stereocenters. The van der Waals surface area contributed by atoms with E-state index in [1.807, 2.05) is 0 Å². The van der Waals surface area contributed by atoms with Crippen molar-refractivity contribution < 1.29 is 28.7 Å². The Kier molecular flexibility index (Phi) is 6.51. The van der Waals surface area contributed by atoms with Crippen LogP contribution in [0.5, 0.6) is 5.75 Å². The fraction of sp³-hybridized carbons (Fsp3) is 0.444. The lowest BCUT2D eigenvalue weighted by atomic mass is 10.0. The van der Waals surface area contributed by atoms with E-state index in [9.17, 15) is 19.2 Å². The molecule has 0 N–H and O–H groups in total. The molecular weight excluding hydrogens is 354 g/mol. The van der Waals surface area contributed by atoms with Crippen molar-refractivity contribution >= 4 is 23.8 Å². The number of urea groups is 1. The zero-order valence-electron chi connectivity index (χ0n) is 15.8. The van der Waals surface area contributed by atoms with Gasteiger partial charge in [0.25, 0.3) is 0 Å². The molecule has 146 valence electrons. The van der Waals surface area contributed by atoms with E-state index in [-0.39, 0.29) is 13.2 Å². The van der Waals surface area contributed by atoms with E-state index in [0.717, 1.165) is 9.80 Å². The third kappa shape index (κ3) is 4.62. The first-order valence-electron chi connectivity index (χ1n) is 8.31. The van der Waals surface area contributed by atoms with Crippen molar-refractivity contribution in [3.63, 3.8) is 0 Å². The van der Waals surface area contributed by atoms with E-state index in [4.69, 9.17) is 9.47 Å². The van der Waals surface area contributed by atoms with Gasteiger partial charge in [0.15, 0.2) is 0 Å². The number of ether oxygens (including phenoxy) is 2. The Morgan fingerprint density at radius 3 is 2.44 bits per heavy atom. The molecule has 0 spiro atoms. The second-order valence-electron chi connectivity index (χ2n) is 6.39. The maximum absolute atomic E-state index is 12.5. The molecule has 1 aliphatic rings. The minimum Gasteiger partial charge on any atom is -0.496 e. The molecule has 1 saturated heterocycles. The molecule has 0 aromatic heterocycles. The molecule has 1 atom stereocenters. The van der Waals surface area contributed by atoms with E-state index in [1.165, 1.54) is 14.2 Å². The predicted molar refractivity (Wildman–Crippen MR) is 94.7 cm³/mol. The second-order valence-corrected chi connectivity index (χ2v) is 6.39. The number of carbonyl (C=O) groups excluding carboxylic acids is 4. The number of amides is 4. The Hall–Kier alpha value is -2.94. The summed E-state index contributed by atoms with van der Waals surface area (Å²) < 4.78 is 10.3. The lowest BCUT2D eigenvalue weighted by molar-refractivity contribution is -0.156. The van der Waals surface area contributed by atoms with Crippen molar-refractivity contribution in [1.29, 1.82) is 0 Å². The molecule has 0 saturated carbocycles. The van der Waals surface area contributed by atoms with Crippen LogP contribution >= 0.6 is 0 Å². The van der Waals surface area contributed by atoms with E-state index in [0.29, 0.717) is 11.3 Å². The number of carbonyl (C=O) groups is 4. The van der Waals surface area contributed by atoms with Gasteiger partial charge >= 0.3 is 12.0 Å². The number of hydrogen-bond acceptors (Lipinski definition) is 7. The minimum absolute atomic E-state index is 0.0606. The van der Waals surface area contributed by atoms with Crippen LogP contribution in [0, 0.1) is 5.92 Å². The van der Waals surface area contributed by atoms with E-state index in [1.54, 1.807) is 43.3 Å². The van der Waals surface area contributed by atoms with E-state index < -0.39 is 36.3 Å². The van der Waals surface area contributed by atoms with Gasteiger partial charge < -0.3 is 14.4 Å². The molecular formula is C18H23N3O6. The lowest BCUT2D eigenvalue weighted by Crippen LogP contribution is -2.61. The molecule has 2 rings (SSSR count). The molecule has 1 aromatic carbocycles. The van der Waals surface area contributed by atoms with Crippen LogP contribution in [0.25, 0.3) is 0 Å². The van der Waals surface area contributed by atoms with Gasteiger partial charge in [0.2, 0.25) is 11.8 Å². The van der Waals surface area contributed by atoms with Crippen molar-refractivity contribution in [1.82, 2.24) is 14.7 Å². The highest BCUT2D eigenvalue weighted by atomic mass is 16.5. The van der Waals surface area contributed by atoms with Gasteiger partial charge in [-0.25, -0.2) is 4.79 Å². The standard InChI is InChI=1S/C18H23N3O6/c1-19(2)9-13-16(23)20(3)18(25)21(17(13)24)10-15(22)27-11-12-7-5-6-8-14(12)26-4/h5-8,13H,9-11H2,1-4H3. The van der Waals surface area contributed by atoms with Gasteiger partial charge in [-0.3, -0.25) is 24.2 Å². The lowest BCUT2D eigenvalue weighted by Gasteiger charge is -2.35. The van der Waals surface area contributed by atoms with Gasteiger partial charge in [-0.2, -0.15) is 0 Å². The van der Waals surface area contributed by atoms with Crippen molar-refractivity contribution in [2.24, 2.45) is 5.92 Å². The molecule has 0 bridgehead atoms. The summed E-state index contributed by atoms with van der Waals surface area (Å²) in [6, 6.07) is 6.19. The SMILES string of the molecule is COc1ccccc1COC(=O)CN1C(=O)C(CN(C)C)C(=O)N(C)C1=O. The van der Waals surface area contributed by atoms with Gasteiger partial charge in [-0.15, -0.1) is 0 Å². The summed E-state index contributed by atoms with van der Waals surface area (Å²) in [4.78, 5) is 52.4. The van der Waals surface area contributed by atoms with Crippen LogP contribution in [-0.4, -0.2) is 79.9 Å². The van der Waals surface area contributed by atoms with Crippen LogP contribution in [0.4, 0.5) is 4.79 Å². The van der Waals surface area contributed by atoms with Crippen LogP contribution in [0.1, 0.15) is 5.56 Å². The van der Waals surface area contributed by atoms with E-state index >= 15 is 0 Å². The monoisotopic (exact) mass is 377 g/mol. The fourth-order valence-electron chi connectivity index (χ4n) is 2.72. The number of methoxy groups -OCH3 is 1. The first-order chi connectivity index (χ1) is 12.8. The number of rotatable bonds is 7. The molecule has 1 aliphatic heterocycles. The summed E-state index contributed by atoms with van der Waals surface area (Å²) >= 11 is 0. The number of nitrogens with zero attached hydrogens (tertiary/aromatic N) is 3. The van der Waals surface area contributed by atoms with Gasteiger partial charge in [0.05, 0.1) is 7.11 Å². The minimum atomic E-state index is -1.04. The quantitative estimate of drug-likeness (QED) is 0.499. The molecule has 9 heteroatoms. The van der Waals surface area contributed by atoms with Crippen molar-refractivity contribution in [3.8, 4) is 5.75 Å². The third-order valence-corrected chi connectivity index (χ3v) is 4.13. The number of esters is 1. The van der Waals surface area contributed by atoms with Crippen molar-refractivity contribution in [2.75, 3.05) is 41.3 Å². The average molecular weight is 377 g/mol. The molecule has 0 aliphatic carbocycles. The predicted octanol–water partition coefficient (Wildman–Crippen LogP) is 0.337. The van der Waals surface area contributed by atoms with Gasteiger partial charge in [0.1, 0.15) is 24.8 Å². The van der Waals surface area contributed by atoms with Crippen LogP contribution < -0.4 is 4.74 Å². The normalized spacial score (nSPS) is 17.5. The molecule has 1 aromatic rings. The third-order valence-electron chi connectivity index (χ3n) is 4.13. The summed E-state index contributed by atoms with van der Waals surface area (Å²) in [7, 11) is 6.21. The Bertz CT molecular complexity index is 748. The van der Waals surface area contributed by atoms with Crippen LogP contribution in [-0.2, 0) is 25.7 Å². The zero-order valence-corrected chi connectivity index (χ0v) is 15.8. The first-order valence-corrected chi connectivity index (χ1v) is 8.31. The molecule has 4 amide bonds. The largest absolute Gasteiger partial charge is 0.496 e. The Balaban J connectivity index is 2.05. The molecule has 27 heavy (non-hydrogen) atoms. The second kappa shape index (κ2) is 8.63. The van der Waals surface area contributed by atoms with Crippen molar-refractivity contribution in [3.05, 3.63) is 29.8 Å². The summed E-state index contributed by atoms with van der Waals surface area (Å²) in [5.74, 6) is -2.52. The molecule has 1 heterocycles. The number of para-hydroxylation sites is 1. The molecule has 9 nitrogen and oxygen atoms in total. The Labute approximate surface area is 157 Å². The van der Waals surface area contributed by atoms with E-state index in [2.05, 4.69) is 0 Å². The zero-order chi connectivity index (χ0) is 20.1. The number of imide groups is 2. The smallest absolute Gasteiger partial charge is 0.333 e. The molecule has 0 radical (unpaired) electrons. The summed E-state index contributed by atoms with van der Waals surface area (Å²) in [5.41, 5.74) is 0.655. The van der Waals surface area contributed by atoms with Gasteiger partial charge in [0, 0.05) is 19.2 Å². The molecule has 1 fully saturated rings. The maximum Gasteiger partial charge on any atom is 0.333 e. The summed E-state index contributed by atoms with van der Waals surface area (Å²) in [6.07, 6.45) is 0. The fourth-order valence-corrected chi connectivity index (χ4v) is 2.72. The Morgan fingerprint density at radius 2 is 1.81 bits per heavy atom. The average Bonchev–Trinajstić information content (AvgIpc) is 2.65. The summed E-state index contributed by atoms with van der Waals surface area (Å²) in [5, 5.41) is 0. The number of benzene rings is 1. The highest BCUT2D eigenvalue weighted by Crippen LogP contribution is 2.19. The topological polar surface area (TPSA) is 96.5 Å². The first kappa shape index (κ1) is 20.4. The van der Waals surface area contributed by atoms with Gasteiger partial charge in [-0.05, 0) is 20.2 Å². The highest BCUT2D eigenvalue weighted by molar-refractivity contribution is 6.16. The number of barbiturate groups is 1. The van der Waals surface area contributed by atoms with Crippen LogP contribution in [0.2, 0.25) is 0 Å². The summed E-state index contributed by atoms with van der Waals surface area (Å²) in [6.45, 7) is -0.481. The Morgan fingerprint density at radius 1 is 1.15 bits per heavy atom.